The summed E-state index contributed by atoms with van der Waals surface area (Å²) in [6.07, 6.45) is 4.27. The Bertz CT molecular complexity index is 760. The van der Waals surface area contributed by atoms with Gasteiger partial charge < -0.3 is 19.7 Å². The van der Waals surface area contributed by atoms with Crippen LogP contribution in [0, 0.1) is 0 Å². The largest absolute Gasteiger partial charge is 0.497 e. The van der Waals surface area contributed by atoms with Crippen LogP contribution in [0.25, 0.3) is 0 Å². The lowest BCUT2D eigenvalue weighted by Crippen LogP contribution is -2.51. The molecule has 1 unspecified atom stereocenters. The molecule has 0 amide bonds. The molecule has 3 N–H and O–H groups in total. The number of rotatable bonds is 2. The van der Waals surface area contributed by atoms with Gasteiger partial charge in [-0.15, -0.1) is 0 Å². The summed E-state index contributed by atoms with van der Waals surface area (Å²) in [7, 11) is 1.62. The van der Waals surface area contributed by atoms with Crippen molar-refractivity contribution in [2.45, 2.75) is 6.17 Å². The van der Waals surface area contributed by atoms with Gasteiger partial charge in [0.25, 0.3) is 5.96 Å². The van der Waals surface area contributed by atoms with Crippen LogP contribution >= 0.6 is 0 Å². The molecular formula is C15H15N5O3. The zero-order valence-electron chi connectivity index (χ0n) is 12.3. The zero-order chi connectivity index (χ0) is 15.8. The third-order valence-electron chi connectivity index (χ3n) is 3.65. The van der Waals surface area contributed by atoms with Gasteiger partial charge >= 0.3 is 0 Å². The SMILES string of the molecule is COc1ccc(N2C(N3NC=CO3)=Nc3occc3C2N)cc1. The zero-order valence-corrected chi connectivity index (χ0v) is 12.3. The van der Waals surface area contributed by atoms with Crippen LogP contribution in [0.4, 0.5) is 11.6 Å². The van der Waals surface area contributed by atoms with Gasteiger partial charge in [0.2, 0.25) is 5.88 Å². The molecule has 0 bridgehead atoms. The van der Waals surface area contributed by atoms with E-state index in [1.54, 1.807) is 19.6 Å². The van der Waals surface area contributed by atoms with Gasteiger partial charge in [0.05, 0.1) is 25.1 Å². The highest BCUT2D eigenvalue weighted by Crippen LogP contribution is 2.37. The van der Waals surface area contributed by atoms with Gasteiger partial charge in [-0.25, -0.2) is 0 Å². The van der Waals surface area contributed by atoms with E-state index in [1.807, 2.05) is 35.2 Å². The second kappa shape index (κ2) is 5.25. The average Bonchev–Trinajstić information content (AvgIpc) is 3.26. The van der Waals surface area contributed by atoms with Gasteiger partial charge in [0.1, 0.15) is 18.2 Å². The van der Waals surface area contributed by atoms with E-state index < -0.39 is 6.17 Å². The molecule has 23 heavy (non-hydrogen) atoms. The first-order valence-electron chi connectivity index (χ1n) is 7.01. The molecule has 118 valence electrons. The van der Waals surface area contributed by atoms with Crippen molar-refractivity contribution in [1.29, 1.82) is 0 Å². The Hall–Kier alpha value is -3.13. The quantitative estimate of drug-likeness (QED) is 0.876. The molecule has 2 aromatic rings. The van der Waals surface area contributed by atoms with E-state index in [1.165, 1.54) is 11.4 Å². The predicted molar refractivity (Wildman–Crippen MR) is 83.4 cm³/mol. The van der Waals surface area contributed by atoms with Crippen LogP contribution in [0.1, 0.15) is 11.7 Å². The number of methoxy groups -OCH3 is 1. The summed E-state index contributed by atoms with van der Waals surface area (Å²) in [5.41, 5.74) is 11.0. The number of ether oxygens (including phenoxy) is 1. The van der Waals surface area contributed by atoms with Crippen LogP contribution in [0.15, 0.2) is 58.5 Å². The van der Waals surface area contributed by atoms with Crippen LogP contribution in [0.3, 0.4) is 0 Å². The van der Waals surface area contributed by atoms with Gasteiger partial charge in [-0.05, 0) is 30.3 Å². The monoisotopic (exact) mass is 313 g/mol. The summed E-state index contributed by atoms with van der Waals surface area (Å²) in [4.78, 5) is 11.7. The fourth-order valence-corrected chi connectivity index (χ4v) is 2.52. The van der Waals surface area contributed by atoms with Gasteiger partial charge in [0, 0.05) is 5.69 Å². The molecule has 0 spiro atoms. The summed E-state index contributed by atoms with van der Waals surface area (Å²) in [5, 5.41) is 1.41. The number of benzene rings is 1. The van der Waals surface area contributed by atoms with Crippen molar-refractivity contribution >= 4 is 17.5 Å². The minimum atomic E-state index is -0.462. The molecule has 0 aliphatic carbocycles. The number of anilines is 1. The topological polar surface area (TPSA) is 88.5 Å². The molecule has 8 nitrogen and oxygen atoms in total. The summed E-state index contributed by atoms with van der Waals surface area (Å²) in [6, 6.07) is 9.35. The highest BCUT2D eigenvalue weighted by molar-refractivity contribution is 5.99. The number of guanidine groups is 1. The molecule has 2 aliphatic rings. The van der Waals surface area contributed by atoms with Gasteiger partial charge in [-0.2, -0.15) is 4.99 Å². The third-order valence-corrected chi connectivity index (χ3v) is 3.65. The maximum atomic E-state index is 6.42. The number of hydrogen-bond acceptors (Lipinski definition) is 8. The molecular weight excluding hydrogens is 298 g/mol. The Labute approximate surface area is 132 Å². The van der Waals surface area contributed by atoms with Gasteiger partial charge in [0.15, 0.2) is 0 Å². The number of nitrogens with one attached hydrogen (secondary N) is 1. The van der Waals surface area contributed by atoms with Crippen molar-refractivity contribution < 1.29 is 14.0 Å². The lowest BCUT2D eigenvalue weighted by molar-refractivity contribution is -0.0415. The van der Waals surface area contributed by atoms with Gasteiger partial charge in [-0.1, -0.05) is 5.17 Å². The van der Waals surface area contributed by atoms with Crippen molar-refractivity contribution in [3.63, 3.8) is 0 Å². The molecule has 1 aromatic carbocycles. The maximum absolute atomic E-state index is 6.42. The van der Waals surface area contributed by atoms with Crippen LogP contribution in [-0.4, -0.2) is 18.2 Å². The van der Waals surface area contributed by atoms with Crippen molar-refractivity contribution in [1.82, 2.24) is 10.6 Å². The van der Waals surface area contributed by atoms with E-state index >= 15 is 0 Å². The number of nitrogens with zero attached hydrogens (tertiary/aromatic N) is 3. The molecule has 0 saturated carbocycles. The van der Waals surface area contributed by atoms with Crippen LogP contribution in [0.2, 0.25) is 0 Å². The molecule has 0 saturated heterocycles. The maximum Gasteiger partial charge on any atom is 0.268 e. The molecule has 3 heterocycles. The molecule has 8 heteroatoms. The Morgan fingerprint density at radius 3 is 2.78 bits per heavy atom. The lowest BCUT2D eigenvalue weighted by atomic mass is 10.1. The van der Waals surface area contributed by atoms with Crippen molar-refractivity contribution in [2.75, 3.05) is 12.0 Å². The van der Waals surface area contributed by atoms with Crippen molar-refractivity contribution in [3.05, 3.63) is 54.6 Å². The summed E-state index contributed by atoms with van der Waals surface area (Å²) in [5.74, 6) is 1.70. The fourth-order valence-electron chi connectivity index (χ4n) is 2.52. The number of hydrazine groups is 1. The second-order valence-electron chi connectivity index (χ2n) is 4.94. The number of hydroxylamine groups is 1. The third kappa shape index (κ3) is 2.16. The first-order chi connectivity index (χ1) is 11.3. The minimum Gasteiger partial charge on any atom is -0.497 e. The first-order valence-corrected chi connectivity index (χ1v) is 7.01. The summed E-state index contributed by atoms with van der Waals surface area (Å²) in [6.45, 7) is 0. The highest BCUT2D eigenvalue weighted by atomic mass is 16.7. The van der Waals surface area contributed by atoms with E-state index in [4.69, 9.17) is 19.7 Å². The Balaban J connectivity index is 1.77. The molecule has 0 radical (unpaired) electrons. The molecule has 1 atom stereocenters. The summed E-state index contributed by atoms with van der Waals surface area (Å²) >= 11 is 0. The van der Waals surface area contributed by atoms with E-state index in [9.17, 15) is 0 Å². The van der Waals surface area contributed by atoms with Gasteiger partial charge in [-0.3, -0.25) is 10.3 Å². The highest BCUT2D eigenvalue weighted by Gasteiger charge is 2.35. The number of nitrogens with two attached hydrogens (primary N) is 1. The Morgan fingerprint density at radius 1 is 1.26 bits per heavy atom. The van der Waals surface area contributed by atoms with E-state index in [-0.39, 0.29) is 0 Å². The summed E-state index contributed by atoms with van der Waals surface area (Å²) < 4.78 is 10.6. The number of fused-ring (bicyclic) bond motifs is 1. The molecule has 1 aromatic heterocycles. The van der Waals surface area contributed by atoms with E-state index in [0.717, 1.165) is 17.0 Å². The Morgan fingerprint density at radius 2 is 2.09 bits per heavy atom. The number of aliphatic imine (C=N–C) groups is 1. The normalized spacial score (nSPS) is 19.0. The first kappa shape index (κ1) is 13.5. The average molecular weight is 313 g/mol. The van der Waals surface area contributed by atoms with E-state index in [2.05, 4.69) is 10.4 Å². The van der Waals surface area contributed by atoms with Crippen molar-refractivity contribution in [3.8, 4) is 5.75 Å². The minimum absolute atomic E-state index is 0.462. The fraction of sp³-hybridized carbons (Fsp3) is 0.133. The molecule has 2 aliphatic heterocycles. The van der Waals surface area contributed by atoms with Crippen LogP contribution < -0.4 is 20.8 Å². The lowest BCUT2D eigenvalue weighted by Gasteiger charge is -2.36. The smallest absolute Gasteiger partial charge is 0.268 e. The molecule has 4 rings (SSSR count). The predicted octanol–water partition coefficient (Wildman–Crippen LogP) is 1.98. The standard InChI is InChI=1S/C15H15N5O3/c1-21-11-4-2-10(3-5-11)19-13(16)12-6-8-22-14(12)18-15(19)20-17-7-9-23-20/h2-9,13,17H,16H2,1H3. The second-order valence-corrected chi connectivity index (χ2v) is 4.94. The van der Waals surface area contributed by atoms with Crippen LogP contribution in [-0.2, 0) is 4.84 Å². The Kier molecular flexibility index (Phi) is 3.09. The number of hydrogen-bond donors (Lipinski definition) is 2. The van der Waals surface area contributed by atoms with Crippen LogP contribution in [0.5, 0.6) is 5.75 Å². The van der Waals surface area contributed by atoms with Crippen molar-refractivity contribution in [2.24, 2.45) is 10.7 Å². The molecule has 0 fully saturated rings. The number of furan rings is 1. The van der Waals surface area contributed by atoms with E-state index in [0.29, 0.717) is 11.8 Å².